The standard InChI is InChI=1S/C19H21F2N3O/c20-17-5-1-15(2-6-17)19(16-3-7-18(21)8-4-16)23-25-14-13-24-11-9-22-10-12-24/h1-8,22H,9-14H2. The Balaban J connectivity index is 1.71. The summed E-state index contributed by atoms with van der Waals surface area (Å²) in [6.45, 7) is 5.22. The van der Waals surface area contributed by atoms with Crippen LogP contribution in [0, 0.1) is 11.6 Å². The lowest BCUT2D eigenvalue weighted by molar-refractivity contribution is 0.105. The van der Waals surface area contributed by atoms with Gasteiger partial charge >= 0.3 is 0 Å². The molecule has 1 saturated heterocycles. The van der Waals surface area contributed by atoms with E-state index in [0.29, 0.717) is 12.3 Å². The van der Waals surface area contributed by atoms with Gasteiger partial charge in [-0.3, -0.25) is 4.90 Å². The van der Waals surface area contributed by atoms with Gasteiger partial charge < -0.3 is 10.2 Å². The number of benzene rings is 2. The zero-order valence-corrected chi connectivity index (χ0v) is 13.9. The topological polar surface area (TPSA) is 36.9 Å². The number of hydrogen-bond donors (Lipinski definition) is 1. The second kappa shape index (κ2) is 8.69. The van der Waals surface area contributed by atoms with Crippen molar-refractivity contribution in [3.05, 3.63) is 71.3 Å². The third-order valence-electron chi connectivity index (χ3n) is 4.10. The number of rotatable bonds is 6. The Morgan fingerprint density at radius 1 is 0.920 bits per heavy atom. The predicted molar refractivity (Wildman–Crippen MR) is 93.7 cm³/mol. The first-order valence-electron chi connectivity index (χ1n) is 8.37. The van der Waals surface area contributed by atoms with Crippen LogP contribution in [0.1, 0.15) is 11.1 Å². The van der Waals surface area contributed by atoms with Crippen LogP contribution in [-0.4, -0.2) is 49.9 Å². The van der Waals surface area contributed by atoms with Crippen LogP contribution in [0.5, 0.6) is 0 Å². The van der Waals surface area contributed by atoms with Crippen molar-refractivity contribution in [2.24, 2.45) is 5.16 Å². The third-order valence-corrected chi connectivity index (χ3v) is 4.10. The molecule has 0 aromatic heterocycles. The quantitative estimate of drug-likeness (QED) is 0.497. The van der Waals surface area contributed by atoms with Crippen molar-refractivity contribution in [1.29, 1.82) is 0 Å². The van der Waals surface area contributed by atoms with Crippen LogP contribution in [0.3, 0.4) is 0 Å². The zero-order valence-electron chi connectivity index (χ0n) is 13.9. The van der Waals surface area contributed by atoms with Crippen LogP contribution in [-0.2, 0) is 4.84 Å². The van der Waals surface area contributed by atoms with E-state index in [2.05, 4.69) is 15.4 Å². The molecule has 0 atom stereocenters. The van der Waals surface area contributed by atoms with Gasteiger partial charge in [0.15, 0.2) is 0 Å². The Kier molecular flexibility index (Phi) is 6.09. The Hall–Kier alpha value is -2.31. The SMILES string of the molecule is Fc1ccc(C(=NOCCN2CCNCC2)c2ccc(F)cc2)cc1. The number of hydrogen-bond acceptors (Lipinski definition) is 4. The summed E-state index contributed by atoms with van der Waals surface area (Å²) in [6, 6.07) is 12.0. The summed E-state index contributed by atoms with van der Waals surface area (Å²) in [6.07, 6.45) is 0. The molecule has 0 bridgehead atoms. The molecule has 25 heavy (non-hydrogen) atoms. The molecule has 1 fully saturated rings. The monoisotopic (exact) mass is 345 g/mol. The normalized spacial score (nSPS) is 15.0. The van der Waals surface area contributed by atoms with Gasteiger partial charge in [-0.25, -0.2) is 8.78 Å². The molecule has 2 aromatic carbocycles. The lowest BCUT2D eigenvalue weighted by atomic mass is 10.0. The van der Waals surface area contributed by atoms with Crippen LogP contribution < -0.4 is 5.32 Å². The first-order valence-corrected chi connectivity index (χ1v) is 8.37. The molecule has 0 spiro atoms. The largest absolute Gasteiger partial charge is 0.394 e. The van der Waals surface area contributed by atoms with E-state index in [9.17, 15) is 8.78 Å². The number of halogens is 2. The summed E-state index contributed by atoms with van der Waals surface area (Å²) < 4.78 is 26.4. The molecule has 6 heteroatoms. The summed E-state index contributed by atoms with van der Waals surface area (Å²) in [5.41, 5.74) is 1.99. The number of nitrogens with one attached hydrogen (secondary N) is 1. The van der Waals surface area contributed by atoms with E-state index in [4.69, 9.17) is 4.84 Å². The van der Waals surface area contributed by atoms with Gasteiger partial charge in [0.05, 0.1) is 0 Å². The predicted octanol–water partition coefficient (Wildman–Crippen LogP) is 2.64. The van der Waals surface area contributed by atoms with Crippen LogP contribution in [0.15, 0.2) is 53.7 Å². The van der Waals surface area contributed by atoms with Gasteiger partial charge in [0.25, 0.3) is 0 Å². The van der Waals surface area contributed by atoms with E-state index >= 15 is 0 Å². The zero-order chi connectivity index (χ0) is 17.5. The molecule has 0 aliphatic carbocycles. The Bertz CT molecular complexity index is 648. The molecular weight excluding hydrogens is 324 g/mol. The molecule has 0 amide bonds. The summed E-state index contributed by atoms with van der Waals surface area (Å²) in [4.78, 5) is 7.81. The Morgan fingerprint density at radius 3 is 1.96 bits per heavy atom. The maximum absolute atomic E-state index is 13.2. The van der Waals surface area contributed by atoms with Gasteiger partial charge in [-0.2, -0.15) is 0 Å². The molecule has 3 rings (SSSR count). The molecule has 0 unspecified atom stereocenters. The van der Waals surface area contributed by atoms with E-state index < -0.39 is 0 Å². The van der Waals surface area contributed by atoms with Gasteiger partial charge in [-0.1, -0.05) is 5.16 Å². The van der Waals surface area contributed by atoms with E-state index in [1.54, 1.807) is 24.3 Å². The average Bonchev–Trinajstić information content (AvgIpc) is 2.65. The van der Waals surface area contributed by atoms with Gasteiger partial charge in [0.2, 0.25) is 0 Å². The minimum absolute atomic E-state index is 0.318. The van der Waals surface area contributed by atoms with Crippen molar-refractivity contribution >= 4 is 5.71 Å². The second-order valence-electron chi connectivity index (χ2n) is 5.88. The highest BCUT2D eigenvalue weighted by atomic mass is 19.1. The number of oxime groups is 1. The molecular formula is C19H21F2N3O. The molecule has 1 N–H and O–H groups in total. The summed E-state index contributed by atoms with van der Waals surface area (Å²) in [5.74, 6) is -0.635. The molecule has 1 heterocycles. The number of nitrogens with zero attached hydrogens (tertiary/aromatic N) is 2. The van der Waals surface area contributed by atoms with Crippen LogP contribution in [0.4, 0.5) is 8.78 Å². The molecule has 0 saturated carbocycles. The highest BCUT2D eigenvalue weighted by Crippen LogP contribution is 2.13. The van der Waals surface area contributed by atoms with Crippen molar-refractivity contribution in [3.8, 4) is 0 Å². The van der Waals surface area contributed by atoms with E-state index in [1.165, 1.54) is 24.3 Å². The molecule has 0 radical (unpaired) electrons. The van der Waals surface area contributed by atoms with Crippen LogP contribution in [0.2, 0.25) is 0 Å². The molecule has 1 aliphatic rings. The van der Waals surface area contributed by atoms with Crippen LogP contribution in [0.25, 0.3) is 0 Å². The average molecular weight is 345 g/mol. The molecule has 4 nitrogen and oxygen atoms in total. The first kappa shape index (κ1) is 17.5. The smallest absolute Gasteiger partial charge is 0.129 e. The fourth-order valence-corrected chi connectivity index (χ4v) is 2.70. The summed E-state index contributed by atoms with van der Waals surface area (Å²) in [5, 5.41) is 7.54. The fourth-order valence-electron chi connectivity index (χ4n) is 2.70. The van der Waals surface area contributed by atoms with E-state index in [0.717, 1.165) is 43.9 Å². The lowest BCUT2D eigenvalue weighted by Gasteiger charge is -2.26. The lowest BCUT2D eigenvalue weighted by Crippen LogP contribution is -2.44. The Labute approximate surface area is 146 Å². The fraction of sp³-hybridized carbons (Fsp3) is 0.316. The van der Waals surface area contributed by atoms with Crippen LogP contribution >= 0.6 is 0 Å². The highest BCUT2D eigenvalue weighted by Gasteiger charge is 2.11. The maximum atomic E-state index is 13.2. The first-order chi connectivity index (χ1) is 12.2. The third kappa shape index (κ3) is 5.08. The van der Waals surface area contributed by atoms with Crippen molar-refractivity contribution in [3.63, 3.8) is 0 Å². The van der Waals surface area contributed by atoms with Crippen molar-refractivity contribution < 1.29 is 13.6 Å². The van der Waals surface area contributed by atoms with E-state index in [1.807, 2.05) is 0 Å². The van der Waals surface area contributed by atoms with Gasteiger partial charge in [-0.05, 0) is 48.5 Å². The highest BCUT2D eigenvalue weighted by molar-refractivity contribution is 6.12. The van der Waals surface area contributed by atoms with Crippen molar-refractivity contribution in [1.82, 2.24) is 10.2 Å². The molecule has 132 valence electrons. The minimum Gasteiger partial charge on any atom is -0.394 e. The second-order valence-corrected chi connectivity index (χ2v) is 5.88. The minimum atomic E-state index is -0.318. The Morgan fingerprint density at radius 2 is 1.44 bits per heavy atom. The summed E-state index contributed by atoms with van der Waals surface area (Å²) >= 11 is 0. The number of piperazine rings is 1. The van der Waals surface area contributed by atoms with Crippen molar-refractivity contribution in [2.75, 3.05) is 39.3 Å². The molecule has 2 aromatic rings. The molecule has 1 aliphatic heterocycles. The van der Waals surface area contributed by atoms with E-state index in [-0.39, 0.29) is 11.6 Å². The van der Waals surface area contributed by atoms with Gasteiger partial charge in [0, 0.05) is 43.9 Å². The van der Waals surface area contributed by atoms with Gasteiger partial charge in [-0.15, -0.1) is 0 Å². The van der Waals surface area contributed by atoms with Crippen molar-refractivity contribution in [2.45, 2.75) is 0 Å². The maximum Gasteiger partial charge on any atom is 0.129 e. The van der Waals surface area contributed by atoms with Gasteiger partial charge in [0.1, 0.15) is 24.0 Å². The summed E-state index contributed by atoms with van der Waals surface area (Å²) in [7, 11) is 0.